The van der Waals surface area contributed by atoms with Gasteiger partial charge >= 0.3 is 0 Å². The third kappa shape index (κ3) is 5.90. The van der Waals surface area contributed by atoms with Gasteiger partial charge in [0.25, 0.3) is 0 Å². The molecule has 0 aromatic carbocycles. The number of hydrogen-bond donors (Lipinski definition) is 0. The van der Waals surface area contributed by atoms with Crippen LogP contribution in [0.5, 0.6) is 0 Å². The van der Waals surface area contributed by atoms with E-state index in [-0.39, 0.29) is 0 Å². The average molecular weight is 246 g/mol. The number of hydrogen-bond acceptors (Lipinski definition) is 2. The number of carbonyl (C=O) groups excluding carboxylic acids is 1. The van der Waals surface area contributed by atoms with Crippen molar-refractivity contribution < 1.29 is 9.28 Å². The zero-order valence-electron chi connectivity index (χ0n) is 11.4. The second-order valence-corrected chi connectivity index (χ2v) is 5.50. The number of rotatable bonds is 9. The molecule has 0 aromatic heterocycles. The lowest BCUT2D eigenvalue weighted by Crippen LogP contribution is -2.49. The fourth-order valence-electron chi connectivity index (χ4n) is 1.92. The minimum absolute atomic E-state index is 0.334. The summed E-state index contributed by atoms with van der Waals surface area (Å²) in [6.45, 7) is 13.5. The summed E-state index contributed by atoms with van der Waals surface area (Å²) >= 11 is 1.51. The number of quaternary nitrogens is 1. The number of nitrogens with zero attached hydrogens (tertiary/aromatic N) is 1. The molecule has 0 bridgehead atoms. The molecule has 0 atom stereocenters. The monoisotopic (exact) mass is 246 g/mol. The van der Waals surface area contributed by atoms with Crippen molar-refractivity contribution in [3.63, 3.8) is 0 Å². The van der Waals surface area contributed by atoms with E-state index in [4.69, 9.17) is 0 Å². The van der Waals surface area contributed by atoms with Gasteiger partial charge in [-0.1, -0.05) is 32.0 Å². The van der Waals surface area contributed by atoms with Crippen molar-refractivity contribution in [3.8, 4) is 0 Å². The number of thioether (sulfide) groups is 1. The van der Waals surface area contributed by atoms with Crippen LogP contribution in [0.15, 0.2) is 0 Å². The second kappa shape index (κ2) is 9.06. The van der Waals surface area contributed by atoms with E-state index in [2.05, 4.69) is 20.8 Å². The summed E-state index contributed by atoms with van der Waals surface area (Å²) in [6, 6.07) is 0. The lowest BCUT2D eigenvalue weighted by Gasteiger charge is -2.36. The van der Waals surface area contributed by atoms with Crippen LogP contribution in [0.3, 0.4) is 0 Å². The normalized spacial score (nSPS) is 11.8. The smallest absolute Gasteiger partial charge is 0.188 e. The van der Waals surface area contributed by atoms with Crippen molar-refractivity contribution >= 4 is 16.9 Å². The quantitative estimate of drug-likeness (QED) is 0.581. The fourth-order valence-corrected chi connectivity index (χ4v) is 2.83. The van der Waals surface area contributed by atoms with Crippen molar-refractivity contribution in [1.82, 2.24) is 0 Å². The largest absolute Gasteiger partial charge is 0.323 e. The van der Waals surface area contributed by atoms with E-state index < -0.39 is 0 Å². The fraction of sp³-hybridized carbons (Fsp3) is 0.923. The molecule has 0 aliphatic carbocycles. The third-order valence-electron chi connectivity index (χ3n) is 3.45. The third-order valence-corrected chi connectivity index (χ3v) is 4.44. The van der Waals surface area contributed by atoms with E-state index in [1.165, 1.54) is 48.7 Å². The van der Waals surface area contributed by atoms with Crippen molar-refractivity contribution in [1.29, 1.82) is 0 Å². The van der Waals surface area contributed by atoms with E-state index >= 15 is 0 Å². The molecule has 0 spiro atoms. The van der Waals surface area contributed by atoms with Crippen LogP contribution in [0.4, 0.5) is 0 Å². The SMILES string of the molecule is CCCC[N+](CC)(CC)CCSC(=O)CC. The van der Waals surface area contributed by atoms with Crippen molar-refractivity contribution in [3.05, 3.63) is 0 Å². The topological polar surface area (TPSA) is 17.1 Å². The van der Waals surface area contributed by atoms with Gasteiger partial charge in [-0.15, -0.1) is 0 Å². The zero-order valence-corrected chi connectivity index (χ0v) is 12.2. The highest BCUT2D eigenvalue weighted by atomic mass is 32.2. The van der Waals surface area contributed by atoms with Gasteiger partial charge in [0.15, 0.2) is 5.12 Å². The van der Waals surface area contributed by atoms with Crippen LogP contribution in [-0.4, -0.2) is 41.5 Å². The minimum Gasteiger partial charge on any atom is -0.323 e. The zero-order chi connectivity index (χ0) is 12.4. The molecular formula is C13H28NOS+. The van der Waals surface area contributed by atoms with Crippen molar-refractivity contribution in [2.45, 2.75) is 47.0 Å². The summed E-state index contributed by atoms with van der Waals surface area (Å²) in [5, 5.41) is 0.334. The molecule has 3 heteroatoms. The molecule has 16 heavy (non-hydrogen) atoms. The first-order chi connectivity index (χ1) is 7.64. The Labute approximate surface area is 105 Å². The Morgan fingerprint density at radius 2 is 1.69 bits per heavy atom. The van der Waals surface area contributed by atoms with E-state index in [1.807, 2.05) is 6.92 Å². The maximum absolute atomic E-state index is 11.2. The molecule has 0 aliphatic heterocycles. The number of carbonyl (C=O) groups is 1. The van der Waals surface area contributed by atoms with Crippen LogP contribution >= 0.6 is 11.8 Å². The highest BCUT2D eigenvalue weighted by molar-refractivity contribution is 8.13. The van der Waals surface area contributed by atoms with Crippen molar-refractivity contribution in [2.75, 3.05) is 31.9 Å². The molecule has 0 aliphatic rings. The molecule has 0 fully saturated rings. The van der Waals surface area contributed by atoms with Crippen LogP contribution < -0.4 is 0 Å². The van der Waals surface area contributed by atoms with Gasteiger partial charge in [0.2, 0.25) is 0 Å². The molecule has 96 valence electrons. The molecule has 0 aromatic rings. The van der Waals surface area contributed by atoms with Gasteiger partial charge in [-0.05, 0) is 20.3 Å². The predicted octanol–water partition coefficient (Wildman–Crippen LogP) is 3.31. The lowest BCUT2D eigenvalue weighted by molar-refractivity contribution is -0.922. The Bertz CT molecular complexity index is 190. The first kappa shape index (κ1) is 16.0. The van der Waals surface area contributed by atoms with Crippen molar-refractivity contribution in [2.24, 2.45) is 0 Å². The van der Waals surface area contributed by atoms with E-state index in [0.29, 0.717) is 11.5 Å². The van der Waals surface area contributed by atoms with Crippen LogP contribution in [0.25, 0.3) is 0 Å². The standard InChI is InChI=1S/C13H28NOS/c1-5-9-10-14(7-3,8-4)11-12-16-13(15)6-2/h5-12H2,1-4H3/q+1. The molecule has 0 saturated carbocycles. The van der Waals surface area contributed by atoms with Crippen LogP contribution in [-0.2, 0) is 4.79 Å². The van der Waals surface area contributed by atoms with Gasteiger partial charge in [0, 0.05) is 6.42 Å². The van der Waals surface area contributed by atoms with Gasteiger partial charge in [-0.2, -0.15) is 0 Å². The molecule has 0 amide bonds. The van der Waals surface area contributed by atoms with E-state index in [1.54, 1.807) is 0 Å². The summed E-state index contributed by atoms with van der Waals surface area (Å²) in [5.41, 5.74) is 0. The Hall–Kier alpha value is -0.0200. The maximum atomic E-state index is 11.2. The summed E-state index contributed by atoms with van der Waals surface area (Å²) < 4.78 is 1.18. The molecule has 0 rings (SSSR count). The van der Waals surface area contributed by atoms with Gasteiger partial charge in [0.1, 0.15) is 0 Å². The summed E-state index contributed by atoms with van der Waals surface area (Å²) in [7, 11) is 0. The highest BCUT2D eigenvalue weighted by Gasteiger charge is 2.22. The van der Waals surface area contributed by atoms with Crippen LogP contribution in [0.1, 0.15) is 47.0 Å². The summed E-state index contributed by atoms with van der Waals surface area (Å²) in [6.07, 6.45) is 3.23. The summed E-state index contributed by atoms with van der Waals surface area (Å²) in [5.74, 6) is 0.984. The minimum atomic E-state index is 0.334. The predicted molar refractivity (Wildman–Crippen MR) is 73.7 cm³/mol. The van der Waals surface area contributed by atoms with E-state index in [0.717, 1.165) is 12.3 Å². The van der Waals surface area contributed by atoms with Gasteiger partial charge < -0.3 is 4.48 Å². The first-order valence-corrected chi connectivity index (χ1v) is 7.63. The molecule has 0 unspecified atom stereocenters. The second-order valence-electron chi connectivity index (χ2n) is 4.35. The molecule has 0 radical (unpaired) electrons. The van der Waals surface area contributed by atoms with Crippen LogP contribution in [0, 0.1) is 0 Å². The molecule has 0 N–H and O–H groups in total. The summed E-state index contributed by atoms with van der Waals surface area (Å²) in [4.78, 5) is 11.2. The molecule has 2 nitrogen and oxygen atoms in total. The van der Waals surface area contributed by atoms with Gasteiger partial charge in [0.05, 0.1) is 31.9 Å². The van der Waals surface area contributed by atoms with Crippen LogP contribution in [0.2, 0.25) is 0 Å². The molecular weight excluding hydrogens is 218 g/mol. The number of unbranched alkanes of at least 4 members (excludes halogenated alkanes) is 1. The molecule has 0 saturated heterocycles. The maximum Gasteiger partial charge on any atom is 0.188 e. The van der Waals surface area contributed by atoms with E-state index in [9.17, 15) is 4.79 Å². The Kier molecular flexibility index (Phi) is 9.04. The average Bonchev–Trinajstić information content (AvgIpc) is 2.33. The Balaban J connectivity index is 4.05. The lowest BCUT2D eigenvalue weighted by atomic mass is 10.2. The Morgan fingerprint density at radius 1 is 1.06 bits per heavy atom. The Morgan fingerprint density at radius 3 is 2.12 bits per heavy atom. The van der Waals surface area contributed by atoms with Gasteiger partial charge in [-0.25, -0.2) is 0 Å². The molecule has 0 heterocycles. The highest BCUT2D eigenvalue weighted by Crippen LogP contribution is 2.13. The van der Waals surface area contributed by atoms with Gasteiger partial charge in [-0.3, -0.25) is 4.79 Å². The first-order valence-electron chi connectivity index (χ1n) is 6.64.